The fraction of sp³-hybridized carbons (Fsp3) is 1.00. The maximum atomic E-state index is 2.63. The Labute approximate surface area is 75.5 Å². The molecule has 70 valence electrons. The molecule has 12 heavy (non-hydrogen) atoms. The Balaban J connectivity index is 1.95. The Morgan fingerprint density at radius 3 is 2.25 bits per heavy atom. The van der Waals surface area contributed by atoms with Crippen molar-refractivity contribution in [1.29, 1.82) is 0 Å². The first-order valence-corrected chi connectivity index (χ1v) is 5.05. The summed E-state index contributed by atoms with van der Waals surface area (Å²) < 4.78 is 0. The normalized spacial score (nSPS) is 36.8. The highest BCUT2D eigenvalue weighted by molar-refractivity contribution is 4.96. The number of rotatable bonds is 1. The van der Waals surface area contributed by atoms with Gasteiger partial charge in [-0.25, -0.2) is 0 Å². The maximum absolute atomic E-state index is 2.63. The molecule has 2 nitrogen and oxygen atoms in total. The molecule has 0 amide bonds. The summed E-state index contributed by atoms with van der Waals surface area (Å²) in [5, 5.41) is 0. The number of hydrogen-bond acceptors (Lipinski definition) is 2. The molecule has 1 atom stereocenters. The predicted molar refractivity (Wildman–Crippen MR) is 51.3 cm³/mol. The lowest BCUT2D eigenvalue weighted by Crippen LogP contribution is -2.46. The van der Waals surface area contributed by atoms with E-state index < -0.39 is 0 Å². The van der Waals surface area contributed by atoms with Gasteiger partial charge in [0.05, 0.1) is 0 Å². The van der Waals surface area contributed by atoms with Crippen molar-refractivity contribution in [2.75, 3.05) is 26.7 Å². The van der Waals surface area contributed by atoms with Gasteiger partial charge in [-0.15, -0.1) is 0 Å². The molecule has 0 bridgehead atoms. The van der Waals surface area contributed by atoms with Crippen LogP contribution in [-0.2, 0) is 0 Å². The first-order chi connectivity index (χ1) is 5.59. The highest BCUT2D eigenvalue weighted by atomic mass is 15.3. The summed E-state index contributed by atoms with van der Waals surface area (Å²) in [4.78, 5) is 5.13. The third kappa shape index (κ3) is 1.27. The largest absolute Gasteiger partial charge is 0.300 e. The van der Waals surface area contributed by atoms with Gasteiger partial charge in [-0.2, -0.15) is 0 Å². The van der Waals surface area contributed by atoms with E-state index in [0.29, 0.717) is 5.54 Å². The van der Waals surface area contributed by atoms with E-state index in [1.165, 1.54) is 32.5 Å². The van der Waals surface area contributed by atoms with Crippen LogP contribution in [0.15, 0.2) is 0 Å². The highest BCUT2D eigenvalue weighted by Gasteiger charge is 2.39. The van der Waals surface area contributed by atoms with Crippen LogP contribution in [0.5, 0.6) is 0 Å². The van der Waals surface area contributed by atoms with E-state index in [0.717, 1.165) is 6.04 Å². The Hall–Kier alpha value is -0.0800. The lowest BCUT2D eigenvalue weighted by Gasteiger charge is -2.36. The summed E-state index contributed by atoms with van der Waals surface area (Å²) in [5.74, 6) is 0. The second kappa shape index (κ2) is 2.71. The average molecular weight is 168 g/mol. The molecule has 0 aliphatic carbocycles. The molecule has 0 spiro atoms. The monoisotopic (exact) mass is 168 g/mol. The summed E-state index contributed by atoms with van der Waals surface area (Å²) in [6.07, 6.45) is 2.77. The SMILES string of the molecule is CN1C[C@@H](N2CCC2)CC1(C)C. The molecule has 0 aromatic rings. The third-order valence-electron chi connectivity index (χ3n) is 3.66. The van der Waals surface area contributed by atoms with Crippen LogP contribution in [0.4, 0.5) is 0 Å². The quantitative estimate of drug-likeness (QED) is 0.580. The van der Waals surface area contributed by atoms with Crippen LogP contribution in [0, 0.1) is 0 Å². The van der Waals surface area contributed by atoms with E-state index in [-0.39, 0.29) is 0 Å². The summed E-state index contributed by atoms with van der Waals surface area (Å²) in [6, 6.07) is 0.846. The molecule has 0 aromatic heterocycles. The van der Waals surface area contributed by atoms with Crippen LogP contribution >= 0.6 is 0 Å². The zero-order valence-corrected chi connectivity index (χ0v) is 8.51. The zero-order chi connectivity index (χ0) is 8.77. The van der Waals surface area contributed by atoms with Crippen molar-refractivity contribution in [3.05, 3.63) is 0 Å². The first-order valence-electron chi connectivity index (χ1n) is 5.05. The second-order valence-electron chi connectivity index (χ2n) is 4.94. The van der Waals surface area contributed by atoms with Crippen molar-refractivity contribution in [3.63, 3.8) is 0 Å². The van der Waals surface area contributed by atoms with Crippen molar-refractivity contribution in [2.45, 2.75) is 38.3 Å². The highest BCUT2D eigenvalue weighted by Crippen LogP contribution is 2.31. The van der Waals surface area contributed by atoms with Gasteiger partial charge < -0.3 is 0 Å². The minimum atomic E-state index is 0.431. The molecule has 2 saturated heterocycles. The molecular formula is C10H20N2. The molecule has 2 fully saturated rings. The van der Waals surface area contributed by atoms with Gasteiger partial charge in [-0.3, -0.25) is 9.80 Å². The van der Waals surface area contributed by atoms with Crippen molar-refractivity contribution in [3.8, 4) is 0 Å². The minimum absolute atomic E-state index is 0.431. The second-order valence-corrected chi connectivity index (χ2v) is 4.94. The first kappa shape index (κ1) is 8.52. The molecule has 2 heteroatoms. The molecule has 2 rings (SSSR count). The maximum Gasteiger partial charge on any atom is 0.0240 e. The summed E-state index contributed by atoms with van der Waals surface area (Å²) >= 11 is 0. The van der Waals surface area contributed by atoms with Gasteiger partial charge in [0.25, 0.3) is 0 Å². The van der Waals surface area contributed by atoms with Gasteiger partial charge in [0.15, 0.2) is 0 Å². The Bertz CT molecular complexity index is 173. The standard InChI is InChI=1S/C10H20N2/c1-10(2)7-9(8-11(10)3)12-5-4-6-12/h9H,4-8H2,1-3H3/t9-/m0/s1. The van der Waals surface area contributed by atoms with E-state index in [1.54, 1.807) is 0 Å². The van der Waals surface area contributed by atoms with Crippen LogP contribution in [0.25, 0.3) is 0 Å². The molecule has 2 heterocycles. The lowest BCUT2D eigenvalue weighted by molar-refractivity contribution is 0.122. The van der Waals surface area contributed by atoms with Gasteiger partial charge in [0, 0.05) is 18.1 Å². The van der Waals surface area contributed by atoms with Crippen LogP contribution in [0.3, 0.4) is 0 Å². The Kier molecular flexibility index (Phi) is 1.92. The number of likely N-dealkylation sites (N-methyl/N-ethyl adjacent to an activating group) is 1. The van der Waals surface area contributed by atoms with Crippen molar-refractivity contribution in [1.82, 2.24) is 9.80 Å². The number of nitrogens with zero attached hydrogens (tertiary/aromatic N) is 2. The van der Waals surface area contributed by atoms with Gasteiger partial charge in [-0.1, -0.05) is 0 Å². The molecule has 0 N–H and O–H groups in total. The number of hydrogen-bond donors (Lipinski definition) is 0. The van der Waals surface area contributed by atoms with E-state index in [2.05, 4.69) is 30.7 Å². The van der Waals surface area contributed by atoms with Crippen molar-refractivity contribution in [2.24, 2.45) is 0 Å². The molecule has 0 aromatic carbocycles. The topological polar surface area (TPSA) is 6.48 Å². The molecule has 0 saturated carbocycles. The fourth-order valence-electron chi connectivity index (χ4n) is 2.31. The molecule has 2 aliphatic rings. The average Bonchev–Trinajstić information content (AvgIpc) is 2.02. The van der Waals surface area contributed by atoms with Crippen molar-refractivity contribution < 1.29 is 0 Å². The van der Waals surface area contributed by atoms with Crippen LogP contribution in [-0.4, -0.2) is 48.1 Å². The van der Waals surface area contributed by atoms with E-state index in [4.69, 9.17) is 0 Å². The summed E-state index contributed by atoms with van der Waals surface area (Å²) in [5.41, 5.74) is 0.431. The Morgan fingerprint density at radius 1 is 1.25 bits per heavy atom. The Morgan fingerprint density at radius 2 is 1.92 bits per heavy atom. The minimum Gasteiger partial charge on any atom is -0.300 e. The van der Waals surface area contributed by atoms with Gasteiger partial charge in [-0.05, 0) is 46.8 Å². The fourth-order valence-corrected chi connectivity index (χ4v) is 2.31. The summed E-state index contributed by atoms with van der Waals surface area (Å²) in [7, 11) is 2.25. The van der Waals surface area contributed by atoms with Crippen LogP contribution in [0.2, 0.25) is 0 Å². The molecule has 0 unspecified atom stereocenters. The smallest absolute Gasteiger partial charge is 0.0240 e. The van der Waals surface area contributed by atoms with Crippen LogP contribution in [0.1, 0.15) is 26.7 Å². The predicted octanol–water partition coefficient (Wildman–Crippen LogP) is 1.17. The van der Waals surface area contributed by atoms with Gasteiger partial charge >= 0.3 is 0 Å². The van der Waals surface area contributed by atoms with Crippen molar-refractivity contribution >= 4 is 0 Å². The van der Waals surface area contributed by atoms with Gasteiger partial charge in [0.2, 0.25) is 0 Å². The third-order valence-corrected chi connectivity index (χ3v) is 3.66. The summed E-state index contributed by atoms with van der Waals surface area (Å²) in [6.45, 7) is 8.66. The van der Waals surface area contributed by atoms with Crippen LogP contribution < -0.4 is 0 Å². The molecular weight excluding hydrogens is 148 g/mol. The number of likely N-dealkylation sites (tertiary alicyclic amines) is 2. The van der Waals surface area contributed by atoms with E-state index in [1.807, 2.05) is 0 Å². The van der Waals surface area contributed by atoms with E-state index in [9.17, 15) is 0 Å². The zero-order valence-electron chi connectivity index (χ0n) is 8.51. The molecule has 0 radical (unpaired) electrons. The lowest BCUT2D eigenvalue weighted by atomic mass is 9.98. The van der Waals surface area contributed by atoms with Gasteiger partial charge in [0.1, 0.15) is 0 Å². The van der Waals surface area contributed by atoms with E-state index >= 15 is 0 Å². The molecule has 2 aliphatic heterocycles.